The molecule has 0 bridgehead atoms. The van der Waals surface area contributed by atoms with E-state index in [1.807, 2.05) is 26.8 Å². The molecule has 1 saturated heterocycles. The van der Waals surface area contributed by atoms with Gasteiger partial charge in [-0.25, -0.2) is 14.6 Å². The minimum atomic E-state index is -0.503. The number of alkyl carbamates (subject to hydrolysis) is 1. The number of piperidine rings is 1. The summed E-state index contributed by atoms with van der Waals surface area (Å²) < 4.78 is 10.0. The number of rotatable bonds is 4. The van der Waals surface area contributed by atoms with Crippen LogP contribution in [0.25, 0.3) is 0 Å². The molecule has 1 aromatic rings. The first-order valence-corrected chi connectivity index (χ1v) is 8.53. The van der Waals surface area contributed by atoms with E-state index in [1.165, 1.54) is 7.11 Å². The maximum absolute atomic E-state index is 11.9. The Hall–Kier alpha value is -2.15. The summed E-state index contributed by atoms with van der Waals surface area (Å²) in [6.07, 6.45) is 1.52. The second kappa shape index (κ2) is 8.29. The fourth-order valence-corrected chi connectivity index (χ4v) is 2.81. The molecule has 1 atom stereocenters. The summed E-state index contributed by atoms with van der Waals surface area (Å²) in [7, 11) is 1.34. The Bertz CT molecular complexity index is 613. The molecule has 2 rings (SSSR count). The molecule has 1 aliphatic rings. The third-order valence-electron chi connectivity index (χ3n) is 3.81. The van der Waals surface area contributed by atoms with Crippen molar-refractivity contribution in [3.05, 3.63) is 29.6 Å². The monoisotopic (exact) mass is 349 g/mol. The SMILES string of the molecule is COC(=O)c1cccc(CN2CCC[C@@H](NC(=O)OC(C)(C)C)C2)n1. The van der Waals surface area contributed by atoms with Crippen LogP contribution >= 0.6 is 0 Å². The van der Waals surface area contributed by atoms with Crippen molar-refractivity contribution in [2.75, 3.05) is 20.2 Å². The van der Waals surface area contributed by atoms with E-state index in [1.54, 1.807) is 12.1 Å². The number of amides is 1. The van der Waals surface area contributed by atoms with Crippen LogP contribution in [-0.2, 0) is 16.0 Å². The Kier molecular flexibility index (Phi) is 6.36. The molecule has 7 heteroatoms. The number of carbonyl (C=O) groups excluding carboxylic acids is 2. The van der Waals surface area contributed by atoms with Gasteiger partial charge in [0.25, 0.3) is 0 Å². The molecular formula is C18H27N3O4. The summed E-state index contributed by atoms with van der Waals surface area (Å²) in [5.74, 6) is -0.440. The number of hydrogen-bond acceptors (Lipinski definition) is 6. The number of nitrogens with zero attached hydrogens (tertiary/aromatic N) is 2. The molecule has 0 spiro atoms. The third kappa shape index (κ3) is 6.34. The first kappa shape index (κ1) is 19.2. The smallest absolute Gasteiger partial charge is 0.407 e. The van der Waals surface area contributed by atoms with Gasteiger partial charge in [-0.1, -0.05) is 6.07 Å². The van der Waals surface area contributed by atoms with Gasteiger partial charge < -0.3 is 14.8 Å². The normalized spacial score (nSPS) is 18.5. The zero-order valence-electron chi connectivity index (χ0n) is 15.4. The van der Waals surface area contributed by atoms with Crippen LogP contribution in [0, 0.1) is 0 Å². The molecule has 1 fully saturated rings. The number of esters is 1. The Morgan fingerprint density at radius 2 is 2.12 bits per heavy atom. The number of likely N-dealkylation sites (tertiary alicyclic amines) is 1. The van der Waals surface area contributed by atoms with E-state index in [-0.39, 0.29) is 12.1 Å². The van der Waals surface area contributed by atoms with Crippen LogP contribution in [0.5, 0.6) is 0 Å². The molecule has 0 aliphatic carbocycles. The van der Waals surface area contributed by atoms with Gasteiger partial charge in [0.05, 0.1) is 12.8 Å². The minimum absolute atomic E-state index is 0.0485. The van der Waals surface area contributed by atoms with Crippen molar-refractivity contribution in [3.8, 4) is 0 Å². The van der Waals surface area contributed by atoms with Crippen LogP contribution in [0.2, 0.25) is 0 Å². The molecule has 1 amide bonds. The van der Waals surface area contributed by atoms with Crippen LogP contribution in [-0.4, -0.2) is 53.8 Å². The van der Waals surface area contributed by atoms with Gasteiger partial charge in [0.2, 0.25) is 0 Å². The summed E-state index contributed by atoms with van der Waals surface area (Å²) >= 11 is 0. The number of pyridine rings is 1. The van der Waals surface area contributed by atoms with Crippen LogP contribution in [0.15, 0.2) is 18.2 Å². The molecule has 1 aliphatic heterocycles. The van der Waals surface area contributed by atoms with Gasteiger partial charge in [0, 0.05) is 19.1 Å². The molecule has 0 saturated carbocycles. The molecule has 0 radical (unpaired) electrons. The third-order valence-corrected chi connectivity index (χ3v) is 3.81. The molecule has 0 aromatic carbocycles. The lowest BCUT2D eigenvalue weighted by Gasteiger charge is -2.33. The van der Waals surface area contributed by atoms with Crippen molar-refractivity contribution < 1.29 is 19.1 Å². The molecule has 25 heavy (non-hydrogen) atoms. The highest BCUT2D eigenvalue weighted by atomic mass is 16.6. The van der Waals surface area contributed by atoms with Crippen molar-refractivity contribution in [1.82, 2.24) is 15.2 Å². The first-order chi connectivity index (χ1) is 11.8. The van der Waals surface area contributed by atoms with Gasteiger partial charge in [-0.05, 0) is 52.3 Å². The summed E-state index contributed by atoms with van der Waals surface area (Å²) in [4.78, 5) is 30.1. The number of hydrogen-bond donors (Lipinski definition) is 1. The van der Waals surface area contributed by atoms with Gasteiger partial charge >= 0.3 is 12.1 Å². The maximum Gasteiger partial charge on any atom is 0.407 e. The van der Waals surface area contributed by atoms with E-state index in [2.05, 4.69) is 15.2 Å². The fourth-order valence-electron chi connectivity index (χ4n) is 2.81. The van der Waals surface area contributed by atoms with Crippen LogP contribution in [0.1, 0.15) is 49.8 Å². The van der Waals surface area contributed by atoms with Crippen LogP contribution in [0.4, 0.5) is 4.79 Å². The van der Waals surface area contributed by atoms with E-state index in [9.17, 15) is 9.59 Å². The van der Waals surface area contributed by atoms with Crippen molar-refractivity contribution in [2.45, 2.75) is 51.8 Å². The number of ether oxygens (including phenoxy) is 2. The van der Waals surface area contributed by atoms with Gasteiger partial charge in [0.1, 0.15) is 11.3 Å². The summed E-state index contributed by atoms with van der Waals surface area (Å²) in [6, 6.07) is 5.37. The Balaban J connectivity index is 1.91. The van der Waals surface area contributed by atoms with Gasteiger partial charge in [0.15, 0.2) is 0 Å². The highest BCUT2D eigenvalue weighted by Crippen LogP contribution is 2.14. The van der Waals surface area contributed by atoms with E-state index in [0.29, 0.717) is 12.2 Å². The summed E-state index contributed by atoms with van der Waals surface area (Å²) in [5, 5.41) is 2.93. The van der Waals surface area contributed by atoms with Crippen molar-refractivity contribution in [1.29, 1.82) is 0 Å². The average molecular weight is 349 g/mol. The highest BCUT2D eigenvalue weighted by Gasteiger charge is 2.24. The number of nitrogens with one attached hydrogen (secondary N) is 1. The second-order valence-electron chi connectivity index (χ2n) is 7.23. The zero-order chi connectivity index (χ0) is 18.4. The number of carbonyl (C=O) groups is 2. The lowest BCUT2D eigenvalue weighted by molar-refractivity contribution is 0.0468. The van der Waals surface area contributed by atoms with Gasteiger partial charge in [-0.15, -0.1) is 0 Å². The standard InChI is InChI=1S/C18H27N3O4/c1-18(2,3)25-17(23)20-14-8-6-10-21(12-14)11-13-7-5-9-15(19-13)16(22)24-4/h5,7,9,14H,6,8,10-12H2,1-4H3,(H,20,23)/t14-/m1/s1. The Morgan fingerprint density at radius 3 is 2.80 bits per heavy atom. The van der Waals surface area contributed by atoms with E-state index < -0.39 is 11.6 Å². The van der Waals surface area contributed by atoms with Crippen LogP contribution < -0.4 is 5.32 Å². The van der Waals surface area contributed by atoms with E-state index in [0.717, 1.165) is 31.6 Å². The zero-order valence-corrected chi connectivity index (χ0v) is 15.4. The molecule has 7 nitrogen and oxygen atoms in total. The maximum atomic E-state index is 11.9. The van der Waals surface area contributed by atoms with E-state index >= 15 is 0 Å². The molecule has 138 valence electrons. The lowest BCUT2D eigenvalue weighted by Crippen LogP contribution is -2.48. The van der Waals surface area contributed by atoms with E-state index in [4.69, 9.17) is 9.47 Å². The number of methoxy groups -OCH3 is 1. The largest absolute Gasteiger partial charge is 0.464 e. The first-order valence-electron chi connectivity index (χ1n) is 8.53. The second-order valence-corrected chi connectivity index (χ2v) is 7.23. The predicted molar refractivity (Wildman–Crippen MR) is 93.2 cm³/mol. The molecule has 1 N–H and O–H groups in total. The van der Waals surface area contributed by atoms with Crippen molar-refractivity contribution >= 4 is 12.1 Å². The Labute approximate surface area is 148 Å². The predicted octanol–water partition coefficient (Wildman–Crippen LogP) is 2.36. The average Bonchev–Trinajstić information content (AvgIpc) is 2.52. The minimum Gasteiger partial charge on any atom is -0.464 e. The van der Waals surface area contributed by atoms with Gasteiger partial charge in [-0.2, -0.15) is 0 Å². The number of aromatic nitrogens is 1. The summed E-state index contributed by atoms with van der Waals surface area (Å²) in [5.41, 5.74) is 0.609. The molecule has 1 aromatic heterocycles. The highest BCUT2D eigenvalue weighted by molar-refractivity contribution is 5.87. The van der Waals surface area contributed by atoms with Crippen LogP contribution in [0.3, 0.4) is 0 Å². The molecular weight excluding hydrogens is 322 g/mol. The molecule has 2 heterocycles. The van der Waals surface area contributed by atoms with Crippen molar-refractivity contribution in [3.63, 3.8) is 0 Å². The van der Waals surface area contributed by atoms with Crippen molar-refractivity contribution in [2.24, 2.45) is 0 Å². The lowest BCUT2D eigenvalue weighted by atomic mass is 10.1. The summed E-state index contributed by atoms with van der Waals surface area (Å²) in [6.45, 7) is 7.82. The Morgan fingerprint density at radius 1 is 1.36 bits per heavy atom. The van der Waals surface area contributed by atoms with Gasteiger partial charge in [-0.3, -0.25) is 4.90 Å². The molecule has 0 unspecified atom stereocenters. The topological polar surface area (TPSA) is 80.8 Å². The fraction of sp³-hybridized carbons (Fsp3) is 0.611. The quantitative estimate of drug-likeness (QED) is 0.841.